The summed E-state index contributed by atoms with van der Waals surface area (Å²) in [7, 11) is 1.46. The molecule has 6 heteroatoms. The molecule has 1 fully saturated rings. The monoisotopic (exact) mass is 375 g/mol. The zero-order chi connectivity index (χ0) is 19.3. The standard InChI is InChI=1S/C21H33N3O3/c1-3-22-21(24-14-10-19(11-15-24)20(25)26-2)23-13-7-16-27-17-12-18-8-5-4-6-9-18/h4-6,8-9,19H,3,7,10-17H2,1-2H3,(H,22,23). The van der Waals surface area contributed by atoms with E-state index < -0.39 is 0 Å². The fourth-order valence-corrected chi connectivity index (χ4v) is 3.21. The number of carbonyl (C=O) groups is 1. The molecule has 0 unspecified atom stereocenters. The van der Waals surface area contributed by atoms with Gasteiger partial charge in [0.2, 0.25) is 0 Å². The van der Waals surface area contributed by atoms with Gasteiger partial charge in [0.1, 0.15) is 0 Å². The molecule has 0 atom stereocenters. The highest BCUT2D eigenvalue weighted by molar-refractivity contribution is 5.80. The molecule has 0 bridgehead atoms. The molecule has 1 aliphatic heterocycles. The average molecular weight is 376 g/mol. The van der Waals surface area contributed by atoms with Crippen molar-refractivity contribution in [2.45, 2.75) is 32.6 Å². The summed E-state index contributed by atoms with van der Waals surface area (Å²) in [6, 6.07) is 10.4. The third kappa shape index (κ3) is 7.59. The lowest BCUT2D eigenvalue weighted by atomic mass is 9.97. The summed E-state index contributed by atoms with van der Waals surface area (Å²) in [5.74, 6) is 0.862. The van der Waals surface area contributed by atoms with Crippen molar-refractivity contribution in [3.63, 3.8) is 0 Å². The number of rotatable bonds is 9. The Kier molecular flexibility index (Phi) is 9.69. The Morgan fingerprint density at radius 3 is 2.63 bits per heavy atom. The number of nitrogens with zero attached hydrogens (tertiary/aromatic N) is 2. The van der Waals surface area contributed by atoms with Crippen LogP contribution < -0.4 is 5.32 Å². The number of guanidine groups is 1. The lowest BCUT2D eigenvalue weighted by Crippen LogP contribution is -2.46. The molecule has 1 saturated heterocycles. The van der Waals surface area contributed by atoms with Crippen LogP contribution in [0.2, 0.25) is 0 Å². The summed E-state index contributed by atoms with van der Waals surface area (Å²) >= 11 is 0. The number of aliphatic imine (C=N–C) groups is 1. The Morgan fingerprint density at radius 1 is 1.22 bits per heavy atom. The third-order valence-corrected chi connectivity index (χ3v) is 4.75. The number of esters is 1. The number of carbonyl (C=O) groups excluding carboxylic acids is 1. The van der Waals surface area contributed by atoms with Crippen LogP contribution in [-0.4, -0.2) is 63.3 Å². The fraction of sp³-hybridized carbons (Fsp3) is 0.619. The van der Waals surface area contributed by atoms with Gasteiger partial charge in [0.05, 0.1) is 19.6 Å². The van der Waals surface area contributed by atoms with E-state index in [9.17, 15) is 4.79 Å². The predicted molar refractivity (Wildman–Crippen MR) is 108 cm³/mol. The van der Waals surface area contributed by atoms with Crippen molar-refractivity contribution in [3.05, 3.63) is 35.9 Å². The molecular formula is C21H33N3O3. The first-order chi connectivity index (χ1) is 13.2. The number of methoxy groups -OCH3 is 1. The maximum atomic E-state index is 11.7. The Morgan fingerprint density at radius 2 is 1.96 bits per heavy atom. The molecule has 0 aliphatic carbocycles. The predicted octanol–water partition coefficient (Wildman–Crippen LogP) is 2.49. The van der Waals surface area contributed by atoms with Gasteiger partial charge in [-0.3, -0.25) is 9.79 Å². The van der Waals surface area contributed by atoms with E-state index in [0.717, 1.165) is 71.0 Å². The van der Waals surface area contributed by atoms with Gasteiger partial charge in [-0.2, -0.15) is 0 Å². The second-order valence-corrected chi connectivity index (χ2v) is 6.72. The summed E-state index contributed by atoms with van der Waals surface area (Å²) in [5, 5.41) is 3.35. The highest BCUT2D eigenvalue weighted by Crippen LogP contribution is 2.18. The molecule has 1 heterocycles. The fourth-order valence-electron chi connectivity index (χ4n) is 3.21. The van der Waals surface area contributed by atoms with Gasteiger partial charge >= 0.3 is 5.97 Å². The second-order valence-electron chi connectivity index (χ2n) is 6.72. The first-order valence-electron chi connectivity index (χ1n) is 9.97. The van der Waals surface area contributed by atoms with Crippen LogP contribution in [0.5, 0.6) is 0 Å². The number of ether oxygens (including phenoxy) is 2. The van der Waals surface area contributed by atoms with Gasteiger partial charge in [-0.15, -0.1) is 0 Å². The van der Waals surface area contributed by atoms with Gasteiger partial charge in [-0.1, -0.05) is 30.3 Å². The molecule has 0 saturated carbocycles. The molecule has 0 spiro atoms. The minimum absolute atomic E-state index is 0.0205. The Hall–Kier alpha value is -2.08. The average Bonchev–Trinajstić information content (AvgIpc) is 2.72. The van der Waals surface area contributed by atoms with E-state index in [1.165, 1.54) is 12.7 Å². The Labute approximate surface area is 162 Å². The minimum Gasteiger partial charge on any atom is -0.469 e. The molecule has 0 amide bonds. The van der Waals surface area contributed by atoms with E-state index in [-0.39, 0.29) is 11.9 Å². The summed E-state index contributed by atoms with van der Waals surface area (Å²) in [4.78, 5) is 18.6. The van der Waals surface area contributed by atoms with Gasteiger partial charge in [0.15, 0.2) is 5.96 Å². The number of nitrogens with one attached hydrogen (secondary N) is 1. The van der Waals surface area contributed by atoms with Crippen LogP contribution >= 0.6 is 0 Å². The van der Waals surface area contributed by atoms with Crippen LogP contribution in [0.4, 0.5) is 0 Å². The van der Waals surface area contributed by atoms with Crippen molar-refractivity contribution in [3.8, 4) is 0 Å². The van der Waals surface area contributed by atoms with Crippen molar-refractivity contribution in [2.24, 2.45) is 10.9 Å². The van der Waals surface area contributed by atoms with Crippen LogP contribution in [0.1, 0.15) is 31.7 Å². The third-order valence-electron chi connectivity index (χ3n) is 4.75. The highest BCUT2D eigenvalue weighted by Gasteiger charge is 2.26. The molecule has 150 valence electrons. The summed E-state index contributed by atoms with van der Waals surface area (Å²) in [6.45, 7) is 6.78. The lowest BCUT2D eigenvalue weighted by Gasteiger charge is -2.33. The number of benzene rings is 1. The zero-order valence-corrected chi connectivity index (χ0v) is 16.7. The van der Waals surface area contributed by atoms with Gasteiger partial charge in [0, 0.05) is 32.8 Å². The highest BCUT2D eigenvalue weighted by atomic mass is 16.5. The second kappa shape index (κ2) is 12.3. The largest absolute Gasteiger partial charge is 0.469 e. The van der Waals surface area contributed by atoms with E-state index in [4.69, 9.17) is 14.5 Å². The van der Waals surface area contributed by atoms with Crippen molar-refractivity contribution in [1.29, 1.82) is 0 Å². The van der Waals surface area contributed by atoms with E-state index >= 15 is 0 Å². The lowest BCUT2D eigenvalue weighted by molar-refractivity contribution is -0.146. The summed E-state index contributed by atoms with van der Waals surface area (Å²) in [5.41, 5.74) is 1.31. The summed E-state index contributed by atoms with van der Waals surface area (Å²) in [6.07, 6.45) is 3.49. The van der Waals surface area contributed by atoms with Crippen LogP contribution in [0.15, 0.2) is 35.3 Å². The van der Waals surface area contributed by atoms with E-state index in [1.54, 1.807) is 0 Å². The van der Waals surface area contributed by atoms with Crippen molar-refractivity contribution in [1.82, 2.24) is 10.2 Å². The first kappa shape index (κ1) is 21.2. The quantitative estimate of drug-likeness (QED) is 0.311. The maximum absolute atomic E-state index is 11.7. The smallest absolute Gasteiger partial charge is 0.308 e. The van der Waals surface area contributed by atoms with E-state index in [1.807, 2.05) is 6.07 Å². The topological polar surface area (TPSA) is 63.2 Å². The van der Waals surface area contributed by atoms with Crippen LogP contribution in [0.25, 0.3) is 0 Å². The number of piperidine rings is 1. The Bertz CT molecular complexity index is 569. The number of likely N-dealkylation sites (tertiary alicyclic amines) is 1. The van der Waals surface area contributed by atoms with E-state index in [2.05, 4.69) is 41.4 Å². The molecule has 2 rings (SSSR count). The molecule has 1 aromatic rings. The van der Waals surface area contributed by atoms with Crippen molar-refractivity contribution < 1.29 is 14.3 Å². The molecule has 27 heavy (non-hydrogen) atoms. The van der Waals surface area contributed by atoms with Crippen LogP contribution in [0.3, 0.4) is 0 Å². The van der Waals surface area contributed by atoms with Gasteiger partial charge in [0.25, 0.3) is 0 Å². The van der Waals surface area contributed by atoms with Gasteiger partial charge < -0.3 is 19.7 Å². The van der Waals surface area contributed by atoms with Gasteiger partial charge in [-0.25, -0.2) is 0 Å². The number of hydrogen-bond donors (Lipinski definition) is 1. The van der Waals surface area contributed by atoms with Crippen LogP contribution in [-0.2, 0) is 20.7 Å². The zero-order valence-electron chi connectivity index (χ0n) is 16.7. The van der Waals surface area contributed by atoms with E-state index in [0.29, 0.717) is 0 Å². The van der Waals surface area contributed by atoms with Crippen LogP contribution in [0, 0.1) is 5.92 Å². The molecule has 1 aliphatic rings. The molecule has 0 aromatic heterocycles. The SMILES string of the molecule is CCNC(=NCCCOCCc1ccccc1)N1CCC(C(=O)OC)CC1. The minimum atomic E-state index is -0.0933. The molecular weight excluding hydrogens is 342 g/mol. The van der Waals surface area contributed by atoms with Gasteiger partial charge in [-0.05, 0) is 38.2 Å². The Balaban J connectivity index is 1.65. The normalized spacial score (nSPS) is 15.6. The number of hydrogen-bond acceptors (Lipinski definition) is 4. The summed E-state index contributed by atoms with van der Waals surface area (Å²) < 4.78 is 10.6. The molecule has 0 radical (unpaired) electrons. The molecule has 1 aromatic carbocycles. The van der Waals surface area contributed by atoms with Crippen molar-refractivity contribution >= 4 is 11.9 Å². The molecule has 1 N–H and O–H groups in total. The molecule has 6 nitrogen and oxygen atoms in total. The maximum Gasteiger partial charge on any atom is 0.308 e. The van der Waals surface area contributed by atoms with Crippen molar-refractivity contribution in [2.75, 3.05) is 46.5 Å². The first-order valence-corrected chi connectivity index (χ1v) is 9.97.